The van der Waals surface area contributed by atoms with Crippen LogP contribution in [0.2, 0.25) is 0 Å². The molecule has 0 saturated heterocycles. The van der Waals surface area contributed by atoms with E-state index in [-0.39, 0.29) is 0 Å². The summed E-state index contributed by atoms with van der Waals surface area (Å²) in [5.74, 6) is 0. The molecule has 23 heavy (non-hydrogen) atoms. The smallest absolute Gasteiger partial charge is 0.198 e. The normalized spacial score (nSPS) is 13.1. The van der Waals surface area contributed by atoms with Crippen LogP contribution >= 0.6 is 0 Å². The van der Waals surface area contributed by atoms with Crippen molar-refractivity contribution in [1.82, 2.24) is 0 Å². The number of rotatable bonds is 14. The van der Waals surface area contributed by atoms with Gasteiger partial charge in [-0.05, 0) is 44.9 Å². The van der Waals surface area contributed by atoms with Crippen molar-refractivity contribution in [3.05, 3.63) is 72.9 Å². The maximum atomic E-state index is 10.00. The van der Waals surface area contributed by atoms with Crippen LogP contribution in [0.5, 0.6) is 0 Å². The van der Waals surface area contributed by atoms with Gasteiger partial charge < -0.3 is 0 Å². The van der Waals surface area contributed by atoms with Crippen LogP contribution in [0.4, 0.5) is 0 Å². The van der Waals surface area contributed by atoms with Crippen LogP contribution in [-0.4, -0.2) is 6.29 Å². The third kappa shape index (κ3) is 20.1. The second-order valence-electron chi connectivity index (χ2n) is 5.10. The Morgan fingerprint density at radius 2 is 0.913 bits per heavy atom. The Morgan fingerprint density at radius 1 is 0.565 bits per heavy atom. The number of allylic oxidation sites excluding steroid dienone is 12. The molecule has 0 aromatic carbocycles. The third-order valence-electron chi connectivity index (χ3n) is 3.01. The summed E-state index contributed by atoms with van der Waals surface area (Å²) in [6.45, 7) is 2.15. The van der Waals surface area contributed by atoms with Crippen molar-refractivity contribution >= 4 is 6.29 Å². The summed E-state index contributed by atoms with van der Waals surface area (Å²) in [5, 5.41) is 0. The predicted molar refractivity (Wildman–Crippen MR) is 103 cm³/mol. The van der Waals surface area contributed by atoms with E-state index in [2.05, 4.69) is 73.8 Å². The predicted octanol–water partition coefficient (Wildman–Crippen LogP) is 6.57. The molecule has 0 heterocycles. The van der Waals surface area contributed by atoms with Crippen molar-refractivity contribution in [2.45, 2.75) is 58.3 Å². The summed E-state index contributed by atoms with van der Waals surface area (Å²) in [7, 11) is 0. The van der Waals surface area contributed by atoms with Gasteiger partial charge in [0, 0.05) is 6.42 Å². The first-order chi connectivity index (χ1) is 11.4. The Morgan fingerprint density at radius 3 is 1.26 bits per heavy atom. The molecule has 0 fully saturated rings. The molecule has 0 aromatic rings. The Hall–Kier alpha value is -1.89. The van der Waals surface area contributed by atoms with Gasteiger partial charge in [0.1, 0.15) is 0 Å². The summed E-state index contributed by atoms with van der Waals surface area (Å²) >= 11 is 0. The van der Waals surface area contributed by atoms with Gasteiger partial charge in [0.15, 0.2) is 6.29 Å². The molecule has 0 aliphatic rings. The fraction of sp³-hybridized carbons (Fsp3) is 0.409. The fourth-order valence-electron chi connectivity index (χ4n) is 1.78. The minimum Gasteiger partial charge on any atom is -0.291 e. The monoisotopic (exact) mass is 311 g/mol. The molecule has 0 N–H and O–H groups in total. The van der Waals surface area contributed by atoms with Gasteiger partial charge in [-0.3, -0.25) is 4.79 Å². The lowest BCUT2D eigenvalue weighted by Gasteiger charge is -1.86. The van der Waals surface area contributed by atoms with Crippen molar-refractivity contribution in [1.29, 1.82) is 0 Å². The molecule has 0 unspecified atom stereocenters. The average molecular weight is 311 g/mol. The molecule has 0 aromatic heterocycles. The van der Waals surface area contributed by atoms with Crippen molar-refractivity contribution in [2.75, 3.05) is 0 Å². The highest BCUT2D eigenvalue weighted by Crippen LogP contribution is 1.97. The zero-order chi connectivity index (χ0) is 16.8. The van der Waals surface area contributed by atoms with Crippen molar-refractivity contribution in [2.24, 2.45) is 0 Å². The van der Waals surface area contributed by atoms with Gasteiger partial charge in [0.05, 0.1) is 0 Å². The van der Waals surface area contributed by atoms with E-state index in [4.69, 9.17) is 0 Å². The van der Waals surface area contributed by atoms with Crippen LogP contribution in [-0.2, 0) is 4.79 Å². The Labute approximate surface area is 142 Å². The molecule has 0 atom stereocenters. The second kappa shape index (κ2) is 20.1. The van der Waals surface area contributed by atoms with Crippen molar-refractivity contribution < 1.29 is 4.79 Å². The summed E-state index contributed by atoms with van der Waals surface area (Å²) < 4.78 is 0. The van der Waals surface area contributed by atoms with Crippen LogP contribution in [0.15, 0.2) is 72.9 Å². The van der Waals surface area contributed by atoms with Crippen molar-refractivity contribution in [3.8, 4) is 0 Å². The molecule has 0 aliphatic carbocycles. The lowest BCUT2D eigenvalue weighted by Crippen LogP contribution is -1.69. The first-order valence-corrected chi connectivity index (χ1v) is 8.66. The van der Waals surface area contributed by atoms with Crippen LogP contribution in [0, 0.1) is 0 Å². The highest BCUT2D eigenvalue weighted by atomic mass is 16.1. The van der Waals surface area contributed by atoms with E-state index in [0.717, 1.165) is 44.9 Å². The number of hydrogen-bond acceptors (Lipinski definition) is 1. The van der Waals surface area contributed by atoms with E-state index in [1.165, 1.54) is 0 Å². The summed E-state index contributed by atoms with van der Waals surface area (Å²) in [6, 6.07) is 0. The number of hydrogen-bond donors (Lipinski definition) is 0. The molecule has 0 rings (SSSR count). The summed E-state index contributed by atoms with van der Waals surface area (Å²) in [6.07, 6.45) is 35.4. The van der Waals surface area contributed by atoms with Gasteiger partial charge in [-0.25, -0.2) is 0 Å². The first-order valence-electron chi connectivity index (χ1n) is 8.66. The lowest BCUT2D eigenvalue weighted by molar-refractivity contribution is 0.552. The zero-order valence-electron chi connectivity index (χ0n) is 14.5. The van der Waals surface area contributed by atoms with E-state index in [0.29, 0.717) is 6.42 Å². The van der Waals surface area contributed by atoms with Crippen LogP contribution in [0.1, 0.15) is 58.3 Å². The summed E-state index contributed by atoms with van der Waals surface area (Å²) in [4.78, 5) is 10.00. The molecule has 0 saturated carbocycles. The van der Waals surface area contributed by atoms with Gasteiger partial charge in [-0.2, -0.15) is 0 Å². The average Bonchev–Trinajstić information content (AvgIpc) is 2.57. The molecule has 1 nitrogen and oxygen atoms in total. The van der Waals surface area contributed by atoms with E-state index >= 15 is 0 Å². The fourth-order valence-corrected chi connectivity index (χ4v) is 1.78. The minimum absolute atomic E-state index is 0.502. The van der Waals surface area contributed by atoms with E-state index in [1.807, 2.05) is 12.4 Å². The maximum Gasteiger partial charge on any atom is 0.198 e. The number of carbonyl (C=O) groups excluding carboxylic acids is 1. The van der Waals surface area contributed by atoms with Crippen LogP contribution < -0.4 is 0 Å². The number of unbranched alkanes of at least 4 members (excludes halogenated alkanes) is 1. The first kappa shape index (κ1) is 21.1. The van der Waals surface area contributed by atoms with Gasteiger partial charge in [-0.15, -0.1) is 0 Å². The Balaban J connectivity index is 3.49. The van der Waals surface area contributed by atoms with Gasteiger partial charge in [-0.1, -0.05) is 79.8 Å². The standard InChI is InChI=1S/C22H31O/c1-2-3-4-5-6-7-8-9-10-11-12-13-14-15-16-17-18-19-20-21-22-23/h3-4,6-7,9-10,12-13,15-16,18-19H,2,5,8,11,14,17,20-21H2,1H3/b4-3+,7-6+,10-9+,13-12+,16-15+,19-18+. The largest absolute Gasteiger partial charge is 0.291 e. The molecule has 0 bridgehead atoms. The van der Waals surface area contributed by atoms with Crippen molar-refractivity contribution in [3.63, 3.8) is 0 Å². The van der Waals surface area contributed by atoms with E-state index in [1.54, 1.807) is 0 Å². The van der Waals surface area contributed by atoms with Crippen LogP contribution in [0.3, 0.4) is 0 Å². The SMILES string of the molecule is CC/C=C/C/C=C/C/C=C/C/C=C/C/C=C/C/C=C/CC[C]=O. The molecule has 1 radical (unpaired) electrons. The maximum absolute atomic E-state index is 10.00. The van der Waals surface area contributed by atoms with E-state index < -0.39 is 0 Å². The lowest BCUT2D eigenvalue weighted by atomic mass is 10.2. The molecule has 0 spiro atoms. The highest BCUT2D eigenvalue weighted by Gasteiger charge is 1.78. The quantitative estimate of drug-likeness (QED) is 0.262. The minimum atomic E-state index is 0.502. The molecule has 125 valence electrons. The topological polar surface area (TPSA) is 17.1 Å². The zero-order valence-corrected chi connectivity index (χ0v) is 14.5. The Bertz CT molecular complexity index is 419. The third-order valence-corrected chi connectivity index (χ3v) is 3.01. The van der Waals surface area contributed by atoms with Crippen LogP contribution in [0.25, 0.3) is 0 Å². The Kier molecular flexibility index (Phi) is 18.5. The highest BCUT2D eigenvalue weighted by molar-refractivity contribution is 5.50. The van der Waals surface area contributed by atoms with Gasteiger partial charge in [0.2, 0.25) is 0 Å². The van der Waals surface area contributed by atoms with Gasteiger partial charge in [0.25, 0.3) is 0 Å². The molecule has 0 aliphatic heterocycles. The molecular weight excluding hydrogens is 280 g/mol. The second-order valence-corrected chi connectivity index (χ2v) is 5.10. The van der Waals surface area contributed by atoms with E-state index in [9.17, 15) is 4.79 Å². The molecular formula is C22H31O. The molecule has 0 amide bonds. The summed E-state index contributed by atoms with van der Waals surface area (Å²) in [5.41, 5.74) is 0. The molecule has 1 heteroatoms. The van der Waals surface area contributed by atoms with Gasteiger partial charge >= 0.3 is 0 Å².